The first-order valence-electron chi connectivity index (χ1n) is 7.57. The molecule has 0 aromatic carbocycles. The van der Waals surface area contributed by atoms with Gasteiger partial charge in [-0.25, -0.2) is 9.79 Å². The first kappa shape index (κ1) is 19.5. The second-order valence-corrected chi connectivity index (χ2v) is 5.13. The number of piperidine rings is 1. The third-order valence-corrected chi connectivity index (χ3v) is 3.51. The van der Waals surface area contributed by atoms with E-state index in [1.54, 1.807) is 11.1 Å². The van der Waals surface area contributed by atoms with Gasteiger partial charge in [0.15, 0.2) is 5.96 Å². The average molecular weight is 433 g/mol. The smallest absolute Gasteiger partial charge is 0.409 e. The van der Waals surface area contributed by atoms with Gasteiger partial charge in [0, 0.05) is 25.3 Å². The van der Waals surface area contributed by atoms with Crippen molar-refractivity contribution in [2.45, 2.75) is 32.4 Å². The number of nitrogens with two attached hydrogens (primary N) is 1. The van der Waals surface area contributed by atoms with Crippen LogP contribution in [-0.2, 0) is 11.3 Å². The largest absolute Gasteiger partial charge is 0.450 e. The molecular weight excluding hydrogens is 409 g/mol. The number of amides is 1. The Morgan fingerprint density at radius 3 is 2.83 bits per heavy atom. The van der Waals surface area contributed by atoms with Crippen LogP contribution in [0.1, 0.15) is 25.5 Å². The molecule has 1 fully saturated rings. The fourth-order valence-corrected chi connectivity index (χ4v) is 2.33. The van der Waals surface area contributed by atoms with Crippen molar-refractivity contribution in [2.24, 2.45) is 10.7 Å². The number of aromatic nitrogens is 1. The molecule has 1 aromatic rings. The molecule has 1 amide bonds. The van der Waals surface area contributed by atoms with E-state index < -0.39 is 0 Å². The van der Waals surface area contributed by atoms with Crippen molar-refractivity contribution in [3.05, 3.63) is 30.1 Å². The van der Waals surface area contributed by atoms with Crippen molar-refractivity contribution in [3.63, 3.8) is 0 Å². The third kappa shape index (κ3) is 6.59. The predicted molar refractivity (Wildman–Crippen MR) is 99.7 cm³/mol. The fraction of sp³-hybridized carbons (Fsp3) is 0.533. The Kier molecular flexibility index (Phi) is 8.67. The lowest BCUT2D eigenvalue weighted by Gasteiger charge is -2.31. The Bertz CT molecular complexity index is 504. The SMILES string of the molecule is CCOC(=O)N1CCC(NC(N)=NCc2ccccn2)CC1.I. The first-order valence-corrected chi connectivity index (χ1v) is 7.57. The molecule has 2 heterocycles. The zero-order chi connectivity index (χ0) is 15.8. The highest BCUT2D eigenvalue weighted by atomic mass is 127. The summed E-state index contributed by atoms with van der Waals surface area (Å²) in [6.07, 6.45) is 3.16. The number of rotatable bonds is 4. The molecule has 8 heteroatoms. The van der Waals surface area contributed by atoms with Gasteiger partial charge in [-0.15, -0.1) is 24.0 Å². The number of hydrogen-bond donors (Lipinski definition) is 2. The van der Waals surface area contributed by atoms with Crippen molar-refractivity contribution in [2.75, 3.05) is 19.7 Å². The molecule has 0 saturated carbocycles. The summed E-state index contributed by atoms with van der Waals surface area (Å²) in [5, 5.41) is 3.20. The van der Waals surface area contributed by atoms with Crippen LogP contribution in [0, 0.1) is 0 Å². The van der Waals surface area contributed by atoms with E-state index in [9.17, 15) is 4.79 Å². The maximum Gasteiger partial charge on any atom is 0.409 e. The van der Waals surface area contributed by atoms with E-state index in [1.807, 2.05) is 25.1 Å². The van der Waals surface area contributed by atoms with Crippen LogP contribution >= 0.6 is 24.0 Å². The lowest BCUT2D eigenvalue weighted by Crippen LogP contribution is -2.48. The number of hydrogen-bond acceptors (Lipinski definition) is 4. The zero-order valence-electron chi connectivity index (χ0n) is 13.3. The number of carbonyl (C=O) groups excluding carboxylic acids is 1. The number of ether oxygens (including phenoxy) is 1. The molecular formula is C15H24IN5O2. The molecule has 0 atom stereocenters. The molecule has 0 unspecified atom stereocenters. The molecule has 0 bridgehead atoms. The van der Waals surface area contributed by atoms with Crippen LogP contribution in [0.3, 0.4) is 0 Å². The predicted octanol–water partition coefficient (Wildman–Crippen LogP) is 1.72. The van der Waals surface area contributed by atoms with E-state index in [1.165, 1.54) is 0 Å². The number of carbonyl (C=O) groups is 1. The van der Waals surface area contributed by atoms with Crippen LogP contribution in [0.25, 0.3) is 0 Å². The van der Waals surface area contributed by atoms with Gasteiger partial charge in [0.05, 0.1) is 18.8 Å². The minimum absolute atomic E-state index is 0. The lowest BCUT2D eigenvalue weighted by atomic mass is 10.1. The standard InChI is InChI=1S/C15H23N5O2.HI/c1-2-22-15(21)20-9-6-12(7-10-20)19-14(16)18-11-13-5-3-4-8-17-13;/h3-5,8,12H,2,6-7,9-11H2,1H3,(H3,16,18,19);1H. The molecule has 0 radical (unpaired) electrons. The van der Waals surface area contributed by atoms with Crippen LogP contribution in [0.2, 0.25) is 0 Å². The molecule has 7 nitrogen and oxygen atoms in total. The monoisotopic (exact) mass is 433 g/mol. The summed E-state index contributed by atoms with van der Waals surface area (Å²) in [6.45, 7) is 4.02. The Morgan fingerprint density at radius 1 is 1.48 bits per heavy atom. The Hall–Kier alpha value is -1.58. The van der Waals surface area contributed by atoms with Crippen LogP contribution in [0.15, 0.2) is 29.4 Å². The third-order valence-electron chi connectivity index (χ3n) is 3.51. The molecule has 23 heavy (non-hydrogen) atoms. The van der Waals surface area contributed by atoms with Gasteiger partial charge in [0.1, 0.15) is 0 Å². The zero-order valence-corrected chi connectivity index (χ0v) is 15.6. The second kappa shape index (κ2) is 10.2. The first-order chi connectivity index (χ1) is 10.7. The molecule has 1 aromatic heterocycles. The minimum atomic E-state index is -0.238. The molecule has 0 spiro atoms. The van der Waals surface area contributed by atoms with Gasteiger partial charge < -0.3 is 20.7 Å². The van der Waals surface area contributed by atoms with Gasteiger partial charge in [-0.05, 0) is 31.9 Å². The van der Waals surface area contributed by atoms with Crippen LogP contribution < -0.4 is 11.1 Å². The molecule has 3 N–H and O–H groups in total. The second-order valence-electron chi connectivity index (χ2n) is 5.13. The summed E-state index contributed by atoms with van der Waals surface area (Å²) in [7, 11) is 0. The van der Waals surface area contributed by atoms with E-state index in [4.69, 9.17) is 10.5 Å². The van der Waals surface area contributed by atoms with E-state index in [-0.39, 0.29) is 36.1 Å². The molecule has 1 aliphatic heterocycles. The number of halogens is 1. The summed E-state index contributed by atoms with van der Waals surface area (Å²) in [6, 6.07) is 5.94. The van der Waals surface area contributed by atoms with Crippen LogP contribution in [-0.4, -0.2) is 47.7 Å². The summed E-state index contributed by atoms with van der Waals surface area (Å²) < 4.78 is 5.00. The molecule has 1 aliphatic rings. The lowest BCUT2D eigenvalue weighted by molar-refractivity contribution is 0.0963. The maximum atomic E-state index is 11.6. The normalized spacial score (nSPS) is 15.7. The van der Waals surface area contributed by atoms with Crippen molar-refractivity contribution in [3.8, 4) is 0 Å². The number of guanidine groups is 1. The number of aliphatic imine (C=N–C) groups is 1. The highest BCUT2D eigenvalue weighted by molar-refractivity contribution is 14.0. The number of pyridine rings is 1. The minimum Gasteiger partial charge on any atom is -0.450 e. The average Bonchev–Trinajstić information content (AvgIpc) is 2.55. The fourth-order valence-electron chi connectivity index (χ4n) is 2.33. The summed E-state index contributed by atoms with van der Waals surface area (Å²) in [5.41, 5.74) is 6.78. The van der Waals surface area contributed by atoms with Crippen molar-refractivity contribution in [1.29, 1.82) is 0 Å². The molecule has 128 valence electrons. The van der Waals surface area contributed by atoms with Gasteiger partial charge in [-0.2, -0.15) is 0 Å². The van der Waals surface area contributed by atoms with Gasteiger partial charge in [0.25, 0.3) is 0 Å². The summed E-state index contributed by atoms with van der Waals surface area (Å²) in [5.74, 6) is 0.417. The van der Waals surface area contributed by atoms with Crippen LogP contribution in [0.5, 0.6) is 0 Å². The Morgan fingerprint density at radius 2 is 2.22 bits per heavy atom. The number of nitrogens with one attached hydrogen (secondary N) is 1. The molecule has 2 rings (SSSR count). The summed E-state index contributed by atoms with van der Waals surface area (Å²) in [4.78, 5) is 21.8. The molecule has 1 saturated heterocycles. The number of likely N-dealkylation sites (tertiary alicyclic amines) is 1. The Balaban J connectivity index is 0.00000264. The van der Waals surface area contributed by atoms with Gasteiger partial charge in [-0.3, -0.25) is 4.98 Å². The highest BCUT2D eigenvalue weighted by Gasteiger charge is 2.23. The molecule has 0 aliphatic carbocycles. The van der Waals surface area contributed by atoms with Gasteiger partial charge in [0.2, 0.25) is 0 Å². The maximum absolute atomic E-state index is 11.6. The van der Waals surface area contributed by atoms with Crippen molar-refractivity contribution < 1.29 is 9.53 Å². The van der Waals surface area contributed by atoms with E-state index in [0.29, 0.717) is 32.2 Å². The van der Waals surface area contributed by atoms with Gasteiger partial charge in [-0.1, -0.05) is 6.07 Å². The van der Waals surface area contributed by atoms with Gasteiger partial charge >= 0.3 is 6.09 Å². The van der Waals surface area contributed by atoms with E-state index in [0.717, 1.165) is 18.5 Å². The quantitative estimate of drug-likeness (QED) is 0.429. The van der Waals surface area contributed by atoms with Crippen LogP contribution in [0.4, 0.5) is 4.79 Å². The van der Waals surface area contributed by atoms with Crippen molar-refractivity contribution >= 4 is 36.0 Å². The topological polar surface area (TPSA) is 92.8 Å². The Labute approximate surface area is 153 Å². The van der Waals surface area contributed by atoms with E-state index in [2.05, 4.69) is 15.3 Å². The van der Waals surface area contributed by atoms with Crippen molar-refractivity contribution in [1.82, 2.24) is 15.2 Å². The number of nitrogens with zero attached hydrogens (tertiary/aromatic N) is 3. The summed E-state index contributed by atoms with van der Waals surface area (Å²) >= 11 is 0. The van der Waals surface area contributed by atoms with E-state index >= 15 is 0 Å². The highest BCUT2D eigenvalue weighted by Crippen LogP contribution is 2.11.